The number of rotatable bonds is 8. The van der Waals surface area contributed by atoms with Gasteiger partial charge in [0.1, 0.15) is 11.6 Å². The summed E-state index contributed by atoms with van der Waals surface area (Å²) in [6.07, 6.45) is 4.62. The van der Waals surface area contributed by atoms with Crippen LogP contribution in [0.3, 0.4) is 0 Å². The van der Waals surface area contributed by atoms with Crippen molar-refractivity contribution in [1.29, 1.82) is 0 Å². The molecule has 0 spiro atoms. The first-order chi connectivity index (χ1) is 15.4. The fourth-order valence-electron chi connectivity index (χ4n) is 4.09. The second-order valence-electron chi connectivity index (χ2n) is 9.13. The van der Waals surface area contributed by atoms with Crippen molar-refractivity contribution in [3.63, 3.8) is 0 Å². The zero-order chi connectivity index (χ0) is 22.7. The number of nitrogens with zero attached hydrogens (tertiary/aromatic N) is 3. The summed E-state index contributed by atoms with van der Waals surface area (Å²) >= 11 is 0. The molecule has 1 aliphatic rings. The summed E-state index contributed by atoms with van der Waals surface area (Å²) in [4.78, 5) is 13.9. The fourth-order valence-corrected chi connectivity index (χ4v) is 4.09. The molecule has 1 aromatic carbocycles. The number of hydrogen-bond donors (Lipinski definition) is 3. The molecule has 2 aromatic heterocycles. The van der Waals surface area contributed by atoms with Gasteiger partial charge in [-0.05, 0) is 47.2 Å². The quantitative estimate of drug-likeness (QED) is 0.403. The Balaban J connectivity index is 0.00000306. The summed E-state index contributed by atoms with van der Waals surface area (Å²) in [7, 11) is 1.69. The van der Waals surface area contributed by atoms with E-state index in [-0.39, 0.29) is 17.8 Å². The second kappa shape index (κ2) is 10.4. The van der Waals surface area contributed by atoms with Crippen LogP contribution in [0.1, 0.15) is 38.8 Å². The van der Waals surface area contributed by atoms with Crippen LogP contribution in [0.5, 0.6) is 5.75 Å². The van der Waals surface area contributed by atoms with Gasteiger partial charge in [-0.3, -0.25) is 0 Å². The first-order valence-corrected chi connectivity index (χ1v) is 11.1. The molecule has 0 bridgehead atoms. The van der Waals surface area contributed by atoms with Crippen molar-refractivity contribution in [2.24, 2.45) is 0 Å². The number of fused-ring (bicyclic) bond motifs is 3. The van der Waals surface area contributed by atoms with Crippen LogP contribution >= 0.6 is 12.4 Å². The van der Waals surface area contributed by atoms with Crippen molar-refractivity contribution in [2.75, 3.05) is 30.8 Å². The topological polar surface area (TPSA) is 84.0 Å². The van der Waals surface area contributed by atoms with E-state index in [1.54, 1.807) is 13.3 Å². The van der Waals surface area contributed by atoms with Gasteiger partial charge in [0, 0.05) is 30.9 Å². The number of halogens is 1. The summed E-state index contributed by atoms with van der Waals surface area (Å²) in [5.41, 5.74) is 5.35. The van der Waals surface area contributed by atoms with Crippen molar-refractivity contribution in [1.82, 2.24) is 20.3 Å². The number of methoxy groups -OCH3 is 1. The monoisotopic (exact) mass is 468 g/mol. The Hall–Kier alpha value is -2.90. The predicted octanol–water partition coefficient (Wildman–Crippen LogP) is 4.96. The van der Waals surface area contributed by atoms with E-state index in [9.17, 15) is 0 Å². The van der Waals surface area contributed by atoms with Gasteiger partial charge in [-0.25, -0.2) is 15.0 Å². The number of pyridine rings is 1. The van der Waals surface area contributed by atoms with E-state index in [1.165, 1.54) is 5.56 Å². The van der Waals surface area contributed by atoms with Crippen molar-refractivity contribution >= 4 is 29.9 Å². The molecule has 0 fully saturated rings. The van der Waals surface area contributed by atoms with Crippen molar-refractivity contribution < 1.29 is 4.74 Å². The van der Waals surface area contributed by atoms with Gasteiger partial charge < -0.3 is 20.7 Å². The molecule has 0 saturated carbocycles. The third-order valence-electron chi connectivity index (χ3n) is 5.71. The maximum atomic E-state index is 5.47. The Morgan fingerprint density at radius 3 is 2.58 bits per heavy atom. The number of ether oxygens (including phenoxy) is 1. The zero-order valence-electron chi connectivity index (χ0n) is 19.9. The average molecular weight is 469 g/mol. The fraction of sp³-hybridized carbons (Fsp3) is 0.400. The van der Waals surface area contributed by atoms with Crippen LogP contribution in [0.25, 0.3) is 11.3 Å². The molecule has 176 valence electrons. The van der Waals surface area contributed by atoms with E-state index < -0.39 is 0 Å². The lowest BCUT2D eigenvalue weighted by Crippen LogP contribution is -2.28. The minimum Gasteiger partial charge on any atom is -0.497 e. The normalized spacial score (nSPS) is 13.5. The Morgan fingerprint density at radius 2 is 1.88 bits per heavy atom. The molecule has 7 nitrogen and oxygen atoms in total. The lowest BCUT2D eigenvalue weighted by molar-refractivity contribution is 0.414. The standard InChI is InChI=1S/C25H32N6O.ClH/c1-16(2)26-10-11-27-22-9-6-18(15-28-22)30-24-29-14-17-13-25(3,4)21-8-7-19(32-5)12-20(21)23(17)31-24;/h6-9,12,14-16,26H,10-11,13H2,1-5H3,(H,27,28)(H,29,30,31);1H. The molecule has 33 heavy (non-hydrogen) atoms. The van der Waals surface area contributed by atoms with Gasteiger partial charge in [0.25, 0.3) is 0 Å². The van der Waals surface area contributed by atoms with Gasteiger partial charge in [0.15, 0.2) is 0 Å². The van der Waals surface area contributed by atoms with Gasteiger partial charge in [0.2, 0.25) is 5.95 Å². The van der Waals surface area contributed by atoms with Crippen LogP contribution in [0.4, 0.5) is 17.5 Å². The molecule has 0 radical (unpaired) electrons. The molecular weight excluding hydrogens is 436 g/mol. The summed E-state index contributed by atoms with van der Waals surface area (Å²) in [6, 6.07) is 10.7. The van der Waals surface area contributed by atoms with E-state index in [0.717, 1.165) is 53.6 Å². The third-order valence-corrected chi connectivity index (χ3v) is 5.71. The van der Waals surface area contributed by atoms with E-state index in [4.69, 9.17) is 9.72 Å². The van der Waals surface area contributed by atoms with Gasteiger partial charge in [0.05, 0.1) is 24.7 Å². The van der Waals surface area contributed by atoms with Crippen LogP contribution in [0, 0.1) is 0 Å². The van der Waals surface area contributed by atoms with Gasteiger partial charge >= 0.3 is 0 Å². The minimum atomic E-state index is 0. The maximum absolute atomic E-state index is 5.47. The molecule has 8 heteroatoms. The maximum Gasteiger partial charge on any atom is 0.227 e. The smallest absolute Gasteiger partial charge is 0.227 e. The highest BCUT2D eigenvalue weighted by molar-refractivity contribution is 5.85. The third kappa shape index (κ3) is 5.72. The molecule has 3 N–H and O–H groups in total. The Morgan fingerprint density at radius 1 is 1.06 bits per heavy atom. The number of anilines is 3. The van der Waals surface area contributed by atoms with Crippen LogP contribution in [-0.2, 0) is 11.8 Å². The number of nitrogens with one attached hydrogen (secondary N) is 3. The summed E-state index contributed by atoms with van der Waals surface area (Å²) in [5.74, 6) is 2.23. The lowest BCUT2D eigenvalue weighted by Gasteiger charge is -2.33. The average Bonchev–Trinajstić information content (AvgIpc) is 2.77. The van der Waals surface area contributed by atoms with Crippen molar-refractivity contribution in [2.45, 2.75) is 45.6 Å². The molecule has 3 aromatic rings. The number of hydrogen-bond acceptors (Lipinski definition) is 7. The molecule has 1 aliphatic carbocycles. The summed E-state index contributed by atoms with van der Waals surface area (Å²) in [6.45, 7) is 10.5. The predicted molar refractivity (Wildman–Crippen MR) is 137 cm³/mol. The molecule has 4 rings (SSSR count). The Kier molecular flexibility index (Phi) is 7.76. The van der Waals surface area contributed by atoms with Gasteiger partial charge in [-0.15, -0.1) is 12.4 Å². The van der Waals surface area contributed by atoms with E-state index >= 15 is 0 Å². The highest BCUT2D eigenvalue weighted by Crippen LogP contribution is 2.43. The second-order valence-corrected chi connectivity index (χ2v) is 9.13. The van der Waals surface area contributed by atoms with Crippen LogP contribution in [0.2, 0.25) is 0 Å². The highest BCUT2D eigenvalue weighted by Gasteiger charge is 2.32. The van der Waals surface area contributed by atoms with E-state index in [0.29, 0.717) is 12.0 Å². The van der Waals surface area contributed by atoms with Crippen molar-refractivity contribution in [3.05, 3.63) is 53.9 Å². The summed E-state index contributed by atoms with van der Waals surface area (Å²) < 4.78 is 5.47. The highest BCUT2D eigenvalue weighted by atomic mass is 35.5. The van der Waals surface area contributed by atoms with E-state index in [2.05, 4.69) is 65.7 Å². The van der Waals surface area contributed by atoms with Crippen molar-refractivity contribution in [3.8, 4) is 17.0 Å². The van der Waals surface area contributed by atoms with Gasteiger partial charge in [-0.1, -0.05) is 33.8 Å². The minimum absolute atomic E-state index is 0. The van der Waals surface area contributed by atoms with Crippen LogP contribution in [-0.4, -0.2) is 41.2 Å². The van der Waals surface area contributed by atoms with E-state index in [1.807, 2.05) is 24.4 Å². The first-order valence-electron chi connectivity index (χ1n) is 11.1. The number of aromatic nitrogens is 3. The molecule has 0 atom stereocenters. The van der Waals surface area contributed by atoms with Gasteiger partial charge in [-0.2, -0.15) is 0 Å². The van der Waals surface area contributed by atoms with Crippen LogP contribution in [0.15, 0.2) is 42.7 Å². The molecule has 0 saturated heterocycles. The lowest BCUT2D eigenvalue weighted by atomic mass is 9.72. The Bertz CT molecular complexity index is 1080. The first kappa shape index (κ1) is 24.7. The molecule has 0 aliphatic heterocycles. The zero-order valence-corrected chi connectivity index (χ0v) is 20.7. The SMILES string of the molecule is COc1ccc2c(c1)-c1nc(Nc3ccc(NCCNC(C)C)nc3)ncc1CC2(C)C.Cl. The molecule has 2 heterocycles. The Labute approximate surface area is 202 Å². The molecule has 0 amide bonds. The molecular formula is C25H33ClN6O. The van der Waals surface area contributed by atoms with Crippen LogP contribution < -0.4 is 20.7 Å². The number of benzene rings is 1. The largest absolute Gasteiger partial charge is 0.497 e. The summed E-state index contributed by atoms with van der Waals surface area (Å²) in [5, 5.41) is 9.98. The molecule has 0 unspecified atom stereocenters.